The van der Waals surface area contributed by atoms with Gasteiger partial charge in [-0.15, -0.1) is 0 Å². The van der Waals surface area contributed by atoms with Crippen LogP contribution >= 0.6 is 0 Å². The van der Waals surface area contributed by atoms with Gasteiger partial charge in [0.25, 0.3) is 10.0 Å². The molecular formula is C28H34N2O4S. The van der Waals surface area contributed by atoms with E-state index in [1.54, 1.807) is 55.6 Å². The van der Waals surface area contributed by atoms with Crippen LogP contribution in [0.4, 0.5) is 5.69 Å². The molecule has 3 aromatic rings. The topological polar surface area (TPSA) is 75.7 Å². The second-order valence-corrected chi connectivity index (χ2v) is 11.5. The molecule has 0 aliphatic carbocycles. The second kappa shape index (κ2) is 10.5. The van der Waals surface area contributed by atoms with Crippen LogP contribution in [0, 0.1) is 6.92 Å². The highest BCUT2D eigenvalue weighted by atomic mass is 32.2. The van der Waals surface area contributed by atoms with Crippen molar-refractivity contribution in [2.24, 2.45) is 0 Å². The third-order valence-electron chi connectivity index (χ3n) is 5.91. The number of benzene rings is 3. The van der Waals surface area contributed by atoms with Crippen molar-refractivity contribution in [3.05, 3.63) is 89.5 Å². The number of carbonyl (C=O) groups is 1. The molecule has 0 bridgehead atoms. The van der Waals surface area contributed by atoms with Gasteiger partial charge in [-0.1, -0.05) is 62.7 Å². The number of nitrogens with zero attached hydrogens (tertiary/aromatic N) is 1. The predicted molar refractivity (Wildman–Crippen MR) is 140 cm³/mol. The number of nitrogens with one attached hydrogen (secondary N) is 1. The molecule has 0 radical (unpaired) electrons. The third-order valence-corrected chi connectivity index (χ3v) is 7.70. The molecule has 3 aromatic carbocycles. The van der Waals surface area contributed by atoms with Crippen molar-refractivity contribution in [3.8, 4) is 5.75 Å². The smallest absolute Gasteiger partial charge is 0.264 e. The van der Waals surface area contributed by atoms with Crippen LogP contribution in [0.3, 0.4) is 0 Å². The third kappa shape index (κ3) is 6.42. The Kier molecular flexibility index (Phi) is 7.90. The second-order valence-electron chi connectivity index (χ2n) is 9.68. The van der Waals surface area contributed by atoms with Crippen molar-refractivity contribution in [2.45, 2.75) is 51.0 Å². The average molecular weight is 495 g/mol. The minimum absolute atomic E-state index is 0.0359. The van der Waals surface area contributed by atoms with Gasteiger partial charge in [0.05, 0.1) is 23.7 Å². The summed E-state index contributed by atoms with van der Waals surface area (Å²) >= 11 is 0. The van der Waals surface area contributed by atoms with E-state index in [-0.39, 0.29) is 22.9 Å². The number of hydrogen-bond donors (Lipinski definition) is 1. The van der Waals surface area contributed by atoms with Gasteiger partial charge < -0.3 is 10.1 Å². The highest BCUT2D eigenvalue weighted by molar-refractivity contribution is 7.92. The van der Waals surface area contributed by atoms with Crippen LogP contribution in [-0.2, 0) is 20.2 Å². The van der Waals surface area contributed by atoms with E-state index in [1.807, 2.05) is 26.0 Å². The number of anilines is 1. The molecule has 6 nitrogen and oxygen atoms in total. The number of carbonyl (C=O) groups excluding carboxylic acids is 1. The van der Waals surface area contributed by atoms with Crippen LogP contribution in [0.2, 0.25) is 0 Å². The first-order valence-electron chi connectivity index (χ1n) is 11.5. The van der Waals surface area contributed by atoms with E-state index in [1.165, 1.54) is 5.56 Å². The number of hydrogen-bond acceptors (Lipinski definition) is 4. The summed E-state index contributed by atoms with van der Waals surface area (Å²) in [7, 11) is -2.44. The number of methoxy groups -OCH3 is 1. The quantitative estimate of drug-likeness (QED) is 0.457. The van der Waals surface area contributed by atoms with Gasteiger partial charge in [-0.25, -0.2) is 8.42 Å². The fourth-order valence-electron chi connectivity index (χ4n) is 3.67. The maximum Gasteiger partial charge on any atom is 0.264 e. The van der Waals surface area contributed by atoms with Gasteiger partial charge in [0, 0.05) is 0 Å². The minimum atomic E-state index is -3.98. The first-order valence-corrected chi connectivity index (χ1v) is 13.0. The molecule has 0 aliphatic heterocycles. The Morgan fingerprint density at radius 2 is 1.51 bits per heavy atom. The largest absolute Gasteiger partial charge is 0.497 e. The van der Waals surface area contributed by atoms with E-state index in [0.29, 0.717) is 11.4 Å². The Hall–Kier alpha value is -3.32. The number of aryl methyl sites for hydroxylation is 1. The summed E-state index contributed by atoms with van der Waals surface area (Å²) < 4.78 is 33.4. The summed E-state index contributed by atoms with van der Waals surface area (Å²) in [4.78, 5) is 13.2. The van der Waals surface area contributed by atoms with Crippen LogP contribution in [0.1, 0.15) is 50.4 Å². The van der Waals surface area contributed by atoms with Crippen molar-refractivity contribution >= 4 is 21.6 Å². The Morgan fingerprint density at radius 3 is 2.03 bits per heavy atom. The molecule has 1 atom stereocenters. The van der Waals surface area contributed by atoms with Crippen molar-refractivity contribution in [3.63, 3.8) is 0 Å². The standard InChI is InChI=1S/C28H34N2O4S/c1-20-7-17-26(18-8-20)35(32,33)30(24-13-15-25(34-6)16-14-24)19-27(31)29-21(2)22-9-11-23(12-10-22)28(3,4)5/h7-18,21H,19H2,1-6H3,(H,29,31)/t21-/m1/s1. The minimum Gasteiger partial charge on any atom is -0.497 e. The molecule has 1 N–H and O–H groups in total. The van der Waals surface area contributed by atoms with Gasteiger partial charge in [-0.05, 0) is 66.8 Å². The predicted octanol–water partition coefficient (Wildman–Crippen LogP) is 5.37. The zero-order valence-corrected chi connectivity index (χ0v) is 22.0. The summed E-state index contributed by atoms with van der Waals surface area (Å²) in [6.45, 7) is 9.87. The van der Waals surface area contributed by atoms with E-state index in [9.17, 15) is 13.2 Å². The summed E-state index contributed by atoms with van der Waals surface area (Å²) in [5, 5.41) is 2.94. The number of ether oxygens (including phenoxy) is 1. The van der Waals surface area contributed by atoms with Crippen molar-refractivity contribution in [2.75, 3.05) is 18.0 Å². The fourth-order valence-corrected chi connectivity index (χ4v) is 5.09. The Labute approximate surface area is 209 Å². The molecule has 0 saturated carbocycles. The van der Waals surface area contributed by atoms with Gasteiger partial charge in [0.2, 0.25) is 5.91 Å². The van der Waals surface area contributed by atoms with Crippen LogP contribution < -0.4 is 14.4 Å². The first kappa shape index (κ1) is 26.3. The lowest BCUT2D eigenvalue weighted by molar-refractivity contribution is -0.120. The zero-order chi connectivity index (χ0) is 25.8. The lowest BCUT2D eigenvalue weighted by Crippen LogP contribution is -2.41. The maximum absolute atomic E-state index is 13.5. The molecule has 186 valence electrons. The van der Waals surface area contributed by atoms with Gasteiger partial charge in [0.1, 0.15) is 12.3 Å². The normalized spacial score (nSPS) is 12.6. The molecule has 0 unspecified atom stereocenters. The first-order chi connectivity index (χ1) is 16.4. The zero-order valence-electron chi connectivity index (χ0n) is 21.2. The molecule has 0 fully saturated rings. The molecule has 1 amide bonds. The SMILES string of the molecule is COc1ccc(N(CC(=O)N[C@H](C)c2ccc(C(C)(C)C)cc2)S(=O)(=O)c2ccc(C)cc2)cc1. The Bertz CT molecular complexity index is 1240. The van der Waals surface area contributed by atoms with Crippen molar-refractivity contribution in [1.82, 2.24) is 5.32 Å². The monoisotopic (exact) mass is 494 g/mol. The summed E-state index contributed by atoms with van der Waals surface area (Å²) in [6.07, 6.45) is 0. The Morgan fingerprint density at radius 1 is 0.943 bits per heavy atom. The molecule has 35 heavy (non-hydrogen) atoms. The summed E-state index contributed by atoms with van der Waals surface area (Å²) in [6, 6.07) is 21.0. The van der Waals surface area contributed by atoms with E-state index in [4.69, 9.17) is 4.74 Å². The number of sulfonamides is 1. The molecular weight excluding hydrogens is 460 g/mol. The molecule has 0 aliphatic rings. The number of rotatable bonds is 8. The Balaban J connectivity index is 1.85. The highest BCUT2D eigenvalue weighted by Gasteiger charge is 2.28. The molecule has 0 aromatic heterocycles. The molecule has 3 rings (SSSR count). The average Bonchev–Trinajstić information content (AvgIpc) is 2.82. The molecule has 7 heteroatoms. The van der Waals surface area contributed by atoms with Crippen molar-refractivity contribution < 1.29 is 17.9 Å². The van der Waals surface area contributed by atoms with Gasteiger partial charge in [0.15, 0.2) is 0 Å². The van der Waals surface area contributed by atoms with Gasteiger partial charge >= 0.3 is 0 Å². The molecule has 0 spiro atoms. The maximum atomic E-state index is 13.5. The van der Waals surface area contributed by atoms with E-state index >= 15 is 0 Å². The van der Waals surface area contributed by atoms with Gasteiger partial charge in [-0.2, -0.15) is 0 Å². The lowest BCUT2D eigenvalue weighted by atomic mass is 9.86. The fraction of sp³-hybridized carbons (Fsp3) is 0.321. The van der Waals surface area contributed by atoms with E-state index < -0.39 is 15.9 Å². The van der Waals surface area contributed by atoms with Crippen LogP contribution in [0.15, 0.2) is 77.7 Å². The highest BCUT2D eigenvalue weighted by Crippen LogP contribution is 2.27. The number of amides is 1. The van der Waals surface area contributed by atoms with Gasteiger partial charge in [-0.3, -0.25) is 9.10 Å². The molecule has 0 saturated heterocycles. The lowest BCUT2D eigenvalue weighted by Gasteiger charge is -2.25. The van der Waals surface area contributed by atoms with Crippen LogP contribution in [0.25, 0.3) is 0 Å². The van der Waals surface area contributed by atoms with Crippen LogP contribution in [0.5, 0.6) is 5.75 Å². The summed E-state index contributed by atoms with van der Waals surface area (Å²) in [5.41, 5.74) is 3.51. The summed E-state index contributed by atoms with van der Waals surface area (Å²) in [5.74, 6) is 0.196. The van der Waals surface area contributed by atoms with E-state index in [2.05, 4.69) is 38.2 Å². The van der Waals surface area contributed by atoms with E-state index in [0.717, 1.165) is 15.4 Å². The molecule has 0 heterocycles. The van der Waals surface area contributed by atoms with Crippen molar-refractivity contribution in [1.29, 1.82) is 0 Å². The van der Waals surface area contributed by atoms with Crippen LogP contribution in [-0.4, -0.2) is 28.0 Å².